The predicted octanol–water partition coefficient (Wildman–Crippen LogP) is 0.302. The zero-order chi connectivity index (χ0) is 12.1. The minimum atomic E-state index is -0.881. The van der Waals surface area contributed by atoms with E-state index in [2.05, 4.69) is 0 Å². The van der Waals surface area contributed by atoms with Gasteiger partial charge in [0.2, 0.25) is 5.91 Å². The predicted molar refractivity (Wildman–Crippen MR) is 58.9 cm³/mol. The van der Waals surface area contributed by atoms with Gasteiger partial charge >= 0.3 is 5.97 Å². The molecule has 3 N–H and O–H groups in total. The van der Waals surface area contributed by atoms with Crippen LogP contribution in [0.15, 0.2) is 24.3 Å². The molecule has 0 aromatic heterocycles. The first-order chi connectivity index (χ1) is 7.49. The molecule has 0 saturated carbocycles. The van der Waals surface area contributed by atoms with Crippen LogP contribution in [0.2, 0.25) is 0 Å². The molecule has 1 aromatic rings. The van der Waals surface area contributed by atoms with Crippen molar-refractivity contribution in [1.29, 1.82) is 0 Å². The third-order valence-corrected chi connectivity index (χ3v) is 2.07. The number of carbonyl (C=O) groups excluding carboxylic acids is 1. The highest BCUT2D eigenvalue weighted by molar-refractivity contribution is 5.92. The Morgan fingerprint density at radius 2 is 2.12 bits per heavy atom. The number of rotatable bonds is 5. The number of likely N-dealkylation sites (N-methyl/N-ethyl adjacent to an activating group) is 1. The molecule has 0 fully saturated rings. The number of carbonyl (C=O) groups is 2. The van der Waals surface area contributed by atoms with Gasteiger partial charge in [0.25, 0.3) is 0 Å². The van der Waals surface area contributed by atoms with Crippen LogP contribution in [0.4, 0.5) is 0 Å². The number of hydrogen-bond donors (Lipinski definition) is 2. The van der Waals surface area contributed by atoms with E-state index in [1.807, 2.05) is 6.07 Å². The second kappa shape index (κ2) is 5.27. The Morgan fingerprint density at radius 1 is 1.44 bits per heavy atom. The lowest BCUT2D eigenvalue weighted by Crippen LogP contribution is -2.25. The maximum atomic E-state index is 10.9. The van der Waals surface area contributed by atoms with Crippen molar-refractivity contribution in [2.24, 2.45) is 5.73 Å². The number of carboxylic acid groups (broad SMARTS) is 1. The van der Waals surface area contributed by atoms with E-state index in [9.17, 15) is 9.59 Å². The number of benzene rings is 1. The normalized spacial score (nSPS) is 10.4. The van der Waals surface area contributed by atoms with Crippen molar-refractivity contribution in [1.82, 2.24) is 4.90 Å². The molecule has 86 valence electrons. The number of aliphatic carboxylic acids is 1. The minimum Gasteiger partial charge on any atom is -0.480 e. The molecule has 16 heavy (non-hydrogen) atoms. The fourth-order valence-electron chi connectivity index (χ4n) is 1.42. The van der Waals surface area contributed by atoms with Crippen LogP contribution in [-0.4, -0.2) is 35.5 Å². The highest BCUT2D eigenvalue weighted by Gasteiger charge is 2.06. The van der Waals surface area contributed by atoms with Crippen LogP contribution in [-0.2, 0) is 11.3 Å². The topological polar surface area (TPSA) is 83.6 Å². The number of nitrogens with zero attached hydrogens (tertiary/aromatic N) is 1. The highest BCUT2D eigenvalue weighted by Crippen LogP contribution is 2.07. The minimum absolute atomic E-state index is 0.0409. The summed E-state index contributed by atoms with van der Waals surface area (Å²) in [6.45, 7) is 0.425. The van der Waals surface area contributed by atoms with Gasteiger partial charge in [0.1, 0.15) is 0 Å². The van der Waals surface area contributed by atoms with Crippen molar-refractivity contribution >= 4 is 11.9 Å². The van der Waals surface area contributed by atoms with E-state index >= 15 is 0 Å². The summed E-state index contributed by atoms with van der Waals surface area (Å²) in [7, 11) is 1.70. The van der Waals surface area contributed by atoms with E-state index in [1.165, 1.54) is 0 Å². The zero-order valence-electron chi connectivity index (χ0n) is 9.01. The van der Waals surface area contributed by atoms with Gasteiger partial charge < -0.3 is 10.8 Å². The van der Waals surface area contributed by atoms with Gasteiger partial charge in [0.05, 0.1) is 6.54 Å². The van der Waals surface area contributed by atoms with Gasteiger partial charge in [-0.15, -0.1) is 0 Å². The van der Waals surface area contributed by atoms with Gasteiger partial charge in [-0.3, -0.25) is 14.5 Å². The van der Waals surface area contributed by atoms with Gasteiger partial charge in [0.15, 0.2) is 0 Å². The largest absolute Gasteiger partial charge is 0.480 e. The Morgan fingerprint density at radius 3 is 2.69 bits per heavy atom. The molecule has 0 radical (unpaired) electrons. The summed E-state index contributed by atoms with van der Waals surface area (Å²) >= 11 is 0. The summed E-state index contributed by atoms with van der Waals surface area (Å²) < 4.78 is 0. The van der Waals surface area contributed by atoms with Crippen LogP contribution in [0.1, 0.15) is 15.9 Å². The summed E-state index contributed by atoms with van der Waals surface area (Å²) in [6.07, 6.45) is 0. The first-order valence-corrected chi connectivity index (χ1v) is 4.78. The lowest BCUT2D eigenvalue weighted by atomic mass is 10.1. The Bertz CT molecular complexity index is 404. The number of nitrogens with two attached hydrogens (primary N) is 1. The van der Waals surface area contributed by atoms with Crippen LogP contribution in [0, 0.1) is 0 Å². The molecule has 0 unspecified atom stereocenters. The van der Waals surface area contributed by atoms with Gasteiger partial charge in [-0.1, -0.05) is 12.1 Å². The molecule has 1 aromatic carbocycles. The maximum absolute atomic E-state index is 10.9. The molecule has 1 amide bonds. The Hall–Kier alpha value is -1.88. The molecular formula is C11H14N2O3. The van der Waals surface area contributed by atoms with E-state index in [0.29, 0.717) is 12.1 Å². The monoisotopic (exact) mass is 222 g/mol. The summed E-state index contributed by atoms with van der Waals surface area (Å²) in [5.74, 6) is -1.36. The number of hydrogen-bond acceptors (Lipinski definition) is 3. The average molecular weight is 222 g/mol. The van der Waals surface area contributed by atoms with Crippen molar-refractivity contribution in [3.8, 4) is 0 Å². The molecular weight excluding hydrogens is 208 g/mol. The van der Waals surface area contributed by atoms with Crippen molar-refractivity contribution in [3.05, 3.63) is 35.4 Å². The van der Waals surface area contributed by atoms with E-state index in [0.717, 1.165) is 5.56 Å². The van der Waals surface area contributed by atoms with Crippen LogP contribution >= 0.6 is 0 Å². The molecule has 0 heterocycles. The molecule has 0 spiro atoms. The fourth-order valence-corrected chi connectivity index (χ4v) is 1.42. The smallest absolute Gasteiger partial charge is 0.317 e. The number of amides is 1. The molecule has 5 heteroatoms. The first-order valence-electron chi connectivity index (χ1n) is 4.78. The lowest BCUT2D eigenvalue weighted by Gasteiger charge is -2.14. The summed E-state index contributed by atoms with van der Waals surface area (Å²) in [6, 6.07) is 6.85. The fraction of sp³-hybridized carbons (Fsp3) is 0.273. The Balaban J connectivity index is 2.70. The van der Waals surface area contributed by atoms with Gasteiger partial charge in [-0.25, -0.2) is 0 Å². The summed E-state index contributed by atoms with van der Waals surface area (Å²) in [4.78, 5) is 23.0. The third-order valence-electron chi connectivity index (χ3n) is 2.07. The highest BCUT2D eigenvalue weighted by atomic mass is 16.4. The zero-order valence-corrected chi connectivity index (χ0v) is 9.01. The second-order valence-corrected chi connectivity index (χ2v) is 3.63. The van der Waals surface area contributed by atoms with Gasteiger partial charge in [-0.05, 0) is 24.7 Å². The van der Waals surface area contributed by atoms with Crippen molar-refractivity contribution in [2.45, 2.75) is 6.54 Å². The van der Waals surface area contributed by atoms with Crippen molar-refractivity contribution < 1.29 is 14.7 Å². The third kappa shape index (κ3) is 3.70. The van der Waals surface area contributed by atoms with Gasteiger partial charge in [-0.2, -0.15) is 0 Å². The molecule has 0 aliphatic rings. The SMILES string of the molecule is CN(CC(=O)O)Cc1cccc(C(N)=O)c1. The molecule has 0 saturated heterocycles. The number of primary amides is 1. The maximum Gasteiger partial charge on any atom is 0.317 e. The van der Waals surface area contributed by atoms with E-state index in [-0.39, 0.29) is 6.54 Å². The molecule has 0 aliphatic carbocycles. The second-order valence-electron chi connectivity index (χ2n) is 3.63. The first kappa shape index (κ1) is 12.2. The summed E-state index contributed by atoms with van der Waals surface area (Å²) in [5, 5.41) is 8.59. The lowest BCUT2D eigenvalue weighted by molar-refractivity contribution is -0.138. The van der Waals surface area contributed by atoms with Crippen molar-refractivity contribution in [2.75, 3.05) is 13.6 Å². The van der Waals surface area contributed by atoms with Gasteiger partial charge in [0, 0.05) is 12.1 Å². The molecule has 0 atom stereocenters. The van der Waals surface area contributed by atoms with E-state index in [1.54, 1.807) is 30.1 Å². The average Bonchev–Trinajstić information content (AvgIpc) is 2.16. The molecule has 0 bridgehead atoms. The Labute approximate surface area is 93.5 Å². The van der Waals surface area contributed by atoms with Crippen molar-refractivity contribution in [3.63, 3.8) is 0 Å². The van der Waals surface area contributed by atoms with E-state index in [4.69, 9.17) is 10.8 Å². The standard InChI is InChI=1S/C11H14N2O3/c1-13(7-10(14)15)6-8-3-2-4-9(5-8)11(12)16/h2-5H,6-7H2,1H3,(H2,12,16)(H,14,15). The molecule has 0 aliphatic heterocycles. The van der Waals surface area contributed by atoms with Crippen LogP contribution in [0.3, 0.4) is 0 Å². The molecule has 1 rings (SSSR count). The number of carboxylic acids is 1. The summed E-state index contributed by atoms with van der Waals surface area (Å²) in [5.41, 5.74) is 6.44. The quantitative estimate of drug-likeness (QED) is 0.750. The van der Waals surface area contributed by atoms with Crippen LogP contribution < -0.4 is 5.73 Å². The van der Waals surface area contributed by atoms with E-state index < -0.39 is 11.9 Å². The van der Waals surface area contributed by atoms with Crippen LogP contribution in [0.25, 0.3) is 0 Å². The van der Waals surface area contributed by atoms with Crippen LogP contribution in [0.5, 0.6) is 0 Å². The molecule has 5 nitrogen and oxygen atoms in total. The Kier molecular flexibility index (Phi) is 4.02.